The van der Waals surface area contributed by atoms with E-state index in [4.69, 9.17) is 4.74 Å². The number of fused-ring (bicyclic) bond motifs is 3. The van der Waals surface area contributed by atoms with E-state index in [2.05, 4.69) is 4.74 Å². The number of hydrogen-bond donors (Lipinski definition) is 1. The highest BCUT2D eigenvalue weighted by Crippen LogP contribution is 2.38. The zero-order valence-corrected chi connectivity index (χ0v) is 9.88. The molecule has 0 atom stereocenters. The number of benzene rings is 1. The van der Waals surface area contributed by atoms with Gasteiger partial charge in [0.1, 0.15) is 0 Å². The molecule has 1 N–H and O–H groups in total. The molecular weight excluding hydrogens is 264 g/mol. The molecule has 1 aliphatic carbocycles. The maximum atomic E-state index is 11.9. The molecule has 0 radical (unpaired) electrons. The predicted octanol–water partition coefficient (Wildman–Crippen LogP) is -0.848. The lowest BCUT2D eigenvalue weighted by Crippen LogP contribution is -2.60. The first-order valence-electron chi connectivity index (χ1n) is 5.81. The van der Waals surface area contributed by atoms with Crippen molar-refractivity contribution in [2.24, 2.45) is 0 Å². The number of allylic oxidation sites excluding steroid dienone is 1. The van der Waals surface area contributed by atoms with E-state index in [9.17, 15) is 19.5 Å². The molecule has 3 heterocycles. The van der Waals surface area contributed by atoms with Crippen molar-refractivity contribution in [3.05, 3.63) is 45.8 Å². The fourth-order valence-electron chi connectivity index (χ4n) is 2.77. The largest absolute Gasteiger partial charge is 0.480 e. The Bertz CT molecular complexity index is 860. The van der Waals surface area contributed by atoms with Crippen molar-refractivity contribution >= 4 is 29.9 Å². The summed E-state index contributed by atoms with van der Waals surface area (Å²) in [5.74, 6) is -2.83. The number of cyclic esters (lactones) is 2. The smallest absolute Gasteiger partial charge is 0.346 e. The molecule has 20 heavy (non-hydrogen) atoms. The summed E-state index contributed by atoms with van der Waals surface area (Å²) in [6.07, 6.45) is 4.53. The highest BCUT2D eigenvalue weighted by molar-refractivity contribution is 6.22. The van der Waals surface area contributed by atoms with Gasteiger partial charge in [-0.1, -0.05) is 18.2 Å². The summed E-state index contributed by atoms with van der Waals surface area (Å²) in [6, 6.07) is 2.93. The number of aliphatic hydroxyl groups is 1. The Balaban J connectivity index is 2.24. The number of aliphatic hydroxyl groups excluding tert-OH is 1. The third-order valence-corrected chi connectivity index (χ3v) is 3.72. The number of carbonyl (C=O) groups excluding carboxylic acids is 3. The first-order chi connectivity index (χ1) is 9.55. The number of carbonyl (C=O) groups is 3. The normalized spacial score (nSPS) is 20.8. The van der Waals surface area contributed by atoms with Gasteiger partial charge in [0, 0.05) is 5.56 Å². The maximum Gasteiger partial charge on any atom is 0.346 e. The lowest BCUT2D eigenvalue weighted by molar-refractivity contribution is -0.184. The standard InChI is InChI=1S/C14H6O6/c15-10-7-3-4-8(11(16)19-10)9-6(7)2-1-5-14(9)12(17)20-13(14)18/h1-5,15H. The van der Waals surface area contributed by atoms with Crippen molar-refractivity contribution in [1.29, 1.82) is 0 Å². The van der Waals surface area contributed by atoms with Gasteiger partial charge in [-0.15, -0.1) is 0 Å². The summed E-state index contributed by atoms with van der Waals surface area (Å²) in [4.78, 5) is 35.6. The van der Waals surface area contributed by atoms with Crippen molar-refractivity contribution in [2.75, 3.05) is 0 Å². The molecule has 0 unspecified atom stereocenters. The second-order valence-electron chi connectivity index (χ2n) is 4.65. The first kappa shape index (κ1) is 11.0. The van der Waals surface area contributed by atoms with Crippen LogP contribution in [0, 0.1) is 0 Å². The van der Waals surface area contributed by atoms with Gasteiger partial charge in [0.25, 0.3) is 5.95 Å². The second-order valence-corrected chi connectivity index (χ2v) is 4.65. The van der Waals surface area contributed by atoms with Crippen LogP contribution in [0.5, 0.6) is 0 Å². The number of hydrogen-bond acceptors (Lipinski definition) is 6. The minimum Gasteiger partial charge on any atom is -0.480 e. The van der Waals surface area contributed by atoms with Gasteiger partial charge in [-0.05, 0) is 17.4 Å². The van der Waals surface area contributed by atoms with Gasteiger partial charge < -0.3 is 14.6 Å². The minimum absolute atomic E-state index is 0.0680. The predicted molar refractivity (Wildman–Crippen MR) is 63.5 cm³/mol. The highest BCUT2D eigenvalue weighted by Gasteiger charge is 2.61. The zero-order valence-electron chi connectivity index (χ0n) is 9.88. The summed E-state index contributed by atoms with van der Waals surface area (Å²) >= 11 is 0. The van der Waals surface area contributed by atoms with E-state index >= 15 is 0 Å². The lowest BCUT2D eigenvalue weighted by atomic mass is 9.71. The average Bonchev–Trinajstić information content (AvgIpc) is 2.64. The van der Waals surface area contributed by atoms with Crippen LogP contribution in [0.1, 0.15) is 15.9 Å². The van der Waals surface area contributed by atoms with Gasteiger partial charge in [-0.3, -0.25) is 0 Å². The molecule has 4 aliphatic rings. The van der Waals surface area contributed by atoms with Crippen LogP contribution in [0.25, 0.3) is 12.0 Å². The second kappa shape index (κ2) is 3.16. The summed E-state index contributed by atoms with van der Waals surface area (Å²) in [5, 5.41) is 10.4. The molecule has 1 aromatic rings. The van der Waals surface area contributed by atoms with E-state index in [1.165, 1.54) is 24.3 Å². The maximum absolute atomic E-state index is 11.9. The molecule has 98 valence electrons. The molecular formula is C14H6O6. The number of rotatable bonds is 0. The summed E-state index contributed by atoms with van der Waals surface area (Å²) < 4.78 is 9.21. The van der Waals surface area contributed by atoms with Crippen molar-refractivity contribution in [3.8, 4) is 0 Å². The van der Waals surface area contributed by atoms with Gasteiger partial charge in [0.2, 0.25) is 5.41 Å². The zero-order chi connectivity index (χ0) is 14.1. The van der Waals surface area contributed by atoms with Crippen LogP contribution in [0.4, 0.5) is 0 Å². The van der Waals surface area contributed by atoms with Gasteiger partial charge >= 0.3 is 17.9 Å². The Labute approximate surface area is 111 Å². The van der Waals surface area contributed by atoms with Gasteiger partial charge in [0.15, 0.2) is 0 Å². The Morgan fingerprint density at radius 3 is 2.50 bits per heavy atom. The Morgan fingerprint density at radius 1 is 1.05 bits per heavy atom. The van der Waals surface area contributed by atoms with Crippen LogP contribution < -0.4 is 10.4 Å². The molecule has 6 heteroatoms. The first-order valence-corrected chi connectivity index (χ1v) is 5.81. The van der Waals surface area contributed by atoms with E-state index < -0.39 is 29.3 Å². The van der Waals surface area contributed by atoms with Gasteiger partial charge in [0.05, 0.1) is 10.8 Å². The van der Waals surface area contributed by atoms with Crippen LogP contribution in [-0.2, 0) is 24.5 Å². The fourth-order valence-corrected chi connectivity index (χ4v) is 2.77. The molecule has 5 rings (SSSR count). The monoisotopic (exact) mass is 270 g/mol. The van der Waals surface area contributed by atoms with E-state index in [0.29, 0.717) is 5.22 Å². The average molecular weight is 270 g/mol. The molecule has 3 aliphatic heterocycles. The van der Waals surface area contributed by atoms with Crippen molar-refractivity contribution in [2.45, 2.75) is 5.41 Å². The minimum atomic E-state index is -1.60. The SMILES string of the molecule is O=C1OC(O)=c2ccc1c1c2=CC=CC12C(=O)OC2=O. The van der Waals surface area contributed by atoms with Crippen LogP contribution in [0.15, 0.2) is 24.3 Å². The molecule has 0 amide bonds. The molecule has 1 fully saturated rings. The third kappa shape index (κ3) is 0.991. The molecule has 0 saturated carbocycles. The van der Waals surface area contributed by atoms with Crippen LogP contribution in [0.2, 0.25) is 0 Å². The molecule has 1 aromatic carbocycles. The highest BCUT2D eigenvalue weighted by atomic mass is 16.6. The van der Waals surface area contributed by atoms with E-state index in [-0.39, 0.29) is 16.3 Å². The molecule has 1 spiro atoms. The quantitative estimate of drug-likeness (QED) is 0.488. The molecule has 0 aromatic heterocycles. The van der Waals surface area contributed by atoms with Crippen molar-refractivity contribution in [1.82, 2.24) is 0 Å². The third-order valence-electron chi connectivity index (χ3n) is 3.72. The Hall–Kier alpha value is -2.89. The van der Waals surface area contributed by atoms with Crippen molar-refractivity contribution in [3.63, 3.8) is 0 Å². The van der Waals surface area contributed by atoms with Crippen LogP contribution in [-0.4, -0.2) is 23.0 Å². The van der Waals surface area contributed by atoms with E-state index in [1.54, 1.807) is 6.08 Å². The molecule has 2 bridgehead atoms. The topological polar surface area (TPSA) is 89.9 Å². The molecule has 1 saturated heterocycles. The van der Waals surface area contributed by atoms with Gasteiger partial charge in [-0.2, -0.15) is 0 Å². The van der Waals surface area contributed by atoms with E-state index in [1.807, 2.05) is 0 Å². The Morgan fingerprint density at radius 2 is 1.80 bits per heavy atom. The number of esters is 3. The van der Waals surface area contributed by atoms with E-state index in [0.717, 1.165) is 0 Å². The summed E-state index contributed by atoms with van der Waals surface area (Å²) in [5.41, 5.74) is -1.31. The summed E-state index contributed by atoms with van der Waals surface area (Å²) in [7, 11) is 0. The summed E-state index contributed by atoms with van der Waals surface area (Å²) in [6.45, 7) is 0. The van der Waals surface area contributed by atoms with Crippen LogP contribution >= 0.6 is 0 Å². The Kier molecular flexibility index (Phi) is 1.74. The number of ether oxygens (including phenoxy) is 2. The van der Waals surface area contributed by atoms with Crippen LogP contribution in [0.3, 0.4) is 0 Å². The fraction of sp³-hybridized carbons (Fsp3) is 0.0714. The van der Waals surface area contributed by atoms with Gasteiger partial charge in [-0.25, -0.2) is 14.4 Å². The lowest BCUT2D eigenvalue weighted by Gasteiger charge is -2.35. The van der Waals surface area contributed by atoms with Crippen molar-refractivity contribution < 1.29 is 29.0 Å². The molecule has 6 nitrogen and oxygen atoms in total.